The molecule has 0 aliphatic heterocycles. The van der Waals surface area contributed by atoms with Crippen LogP contribution >= 0.6 is 0 Å². The highest BCUT2D eigenvalue weighted by atomic mass is 15.4. The van der Waals surface area contributed by atoms with Crippen LogP contribution < -0.4 is 5.32 Å². The van der Waals surface area contributed by atoms with Crippen molar-refractivity contribution in [2.45, 2.75) is 6.54 Å². The van der Waals surface area contributed by atoms with Crippen LogP contribution in [0.15, 0.2) is 42.9 Å². The van der Waals surface area contributed by atoms with Crippen molar-refractivity contribution in [3.05, 3.63) is 42.9 Å². The molecule has 0 bridgehead atoms. The van der Waals surface area contributed by atoms with Gasteiger partial charge in [-0.15, -0.1) is 5.10 Å². The van der Waals surface area contributed by atoms with Crippen LogP contribution in [0, 0.1) is 0 Å². The SMILES string of the molecule is c1ccc2c(NCCn3ccnn3)cnnc2c1. The van der Waals surface area contributed by atoms with Gasteiger partial charge in [-0.3, -0.25) is 4.68 Å². The lowest BCUT2D eigenvalue weighted by Gasteiger charge is -2.08. The molecule has 0 saturated carbocycles. The number of hydrogen-bond donors (Lipinski definition) is 1. The molecule has 0 amide bonds. The predicted molar refractivity (Wildman–Crippen MR) is 68.0 cm³/mol. The van der Waals surface area contributed by atoms with Crippen molar-refractivity contribution in [3.8, 4) is 0 Å². The Bertz CT molecular complexity index is 629. The van der Waals surface area contributed by atoms with E-state index >= 15 is 0 Å². The average molecular weight is 240 g/mol. The number of hydrogen-bond acceptors (Lipinski definition) is 5. The third kappa shape index (κ3) is 2.13. The van der Waals surface area contributed by atoms with E-state index in [2.05, 4.69) is 25.8 Å². The van der Waals surface area contributed by atoms with E-state index in [0.29, 0.717) is 0 Å². The zero-order valence-electron chi connectivity index (χ0n) is 9.69. The lowest BCUT2D eigenvalue weighted by Crippen LogP contribution is -2.11. The van der Waals surface area contributed by atoms with E-state index in [1.54, 1.807) is 17.1 Å². The third-order valence-corrected chi connectivity index (χ3v) is 2.67. The van der Waals surface area contributed by atoms with Crippen LogP contribution in [0.2, 0.25) is 0 Å². The molecule has 0 radical (unpaired) electrons. The number of nitrogens with one attached hydrogen (secondary N) is 1. The van der Waals surface area contributed by atoms with Gasteiger partial charge in [0.25, 0.3) is 0 Å². The zero-order chi connectivity index (χ0) is 12.2. The van der Waals surface area contributed by atoms with Gasteiger partial charge in [-0.25, -0.2) is 0 Å². The van der Waals surface area contributed by atoms with Gasteiger partial charge in [-0.2, -0.15) is 10.2 Å². The second-order valence-corrected chi connectivity index (χ2v) is 3.87. The van der Waals surface area contributed by atoms with Crippen molar-refractivity contribution in [3.63, 3.8) is 0 Å². The van der Waals surface area contributed by atoms with Gasteiger partial charge in [0.2, 0.25) is 0 Å². The molecule has 1 N–H and O–H groups in total. The Morgan fingerprint density at radius 3 is 3.00 bits per heavy atom. The second kappa shape index (κ2) is 4.79. The molecular formula is C12H12N6. The summed E-state index contributed by atoms with van der Waals surface area (Å²) in [6.07, 6.45) is 5.25. The molecule has 1 aromatic carbocycles. The van der Waals surface area contributed by atoms with E-state index in [4.69, 9.17) is 0 Å². The van der Waals surface area contributed by atoms with Gasteiger partial charge in [-0.05, 0) is 6.07 Å². The Morgan fingerprint density at radius 1 is 1.17 bits per heavy atom. The van der Waals surface area contributed by atoms with Gasteiger partial charge in [0.1, 0.15) is 0 Å². The molecule has 6 heteroatoms. The normalized spacial score (nSPS) is 10.7. The zero-order valence-corrected chi connectivity index (χ0v) is 9.69. The van der Waals surface area contributed by atoms with E-state index in [0.717, 1.165) is 29.7 Å². The summed E-state index contributed by atoms with van der Waals surface area (Å²) in [6, 6.07) is 7.93. The number of benzene rings is 1. The van der Waals surface area contributed by atoms with Crippen LogP contribution in [-0.4, -0.2) is 31.7 Å². The smallest absolute Gasteiger partial charge is 0.0950 e. The maximum absolute atomic E-state index is 4.08. The second-order valence-electron chi connectivity index (χ2n) is 3.87. The first-order valence-electron chi connectivity index (χ1n) is 5.72. The van der Waals surface area contributed by atoms with Gasteiger partial charge in [-0.1, -0.05) is 23.4 Å². The first-order valence-corrected chi connectivity index (χ1v) is 5.72. The lowest BCUT2D eigenvalue weighted by atomic mass is 10.2. The first kappa shape index (κ1) is 10.6. The van der Waals surface area contributed by atoms with Gasteiger partial charge < -0.3 is 5.32 Å². The standard InChI is InChI=1S/C12H12N6/c1-2-4-11-10(3-1)12(9-15-16-11)13-5-7-18-8-6-14-17-18/h1-4,6,8-9H,5,7H2,(H,13,16). The summed E-state index contributed by atoms with van der Waals surface area (Å²) in [7, 11) is 0. The average Bonchev–Trinajstić information content (AvgIpc) is 2.92. The molecule has 2 heterocycles. The summed E-state index contributed by atoms with van der Waals surface area (Å²) in [5, 5.41) is 20.1. The third-order valence-electron chi connectivity index (χ3n) is 2.67. The van der Waals surface area contributed by atoms with Crippen LogP contribution in [-0.2, 0) is 6.54 Å². The molecule has 0 atom stereocenters. The molecule has 2 aromatic heterocycles. The fourth-order valence-electron chi connectivity index (χ4n) is 1.80. The van der Waals surface area contributed by atoms with Crippen LogP contribution in [0.25, 0.3) is 10.9 Å². The Labute approximate surface area is 104 Å². The summed E-state index contributed by atoms with van der Waals surface area (Å²) in [5.74, 6) is 0. The molecule has 90 valence electrons. The first-order chi connectivity index (χ1) is 8.93. The monoisotopic (exact) mass is 240 g/mol. The highest BCUT2D eigenvalue weighted by molar-refractivity contribution is 5.90. The van der Waals surface area contributed by atoms with E-state index < -0.39 is 0 Å². The lowest BCUT2D eigenvalue weighted by molar-refractivity contribution is 0.609. The van der Waals surface area contributed by atoms with Crippen LogP contribution in [0.3, 0.4) is 0 Å². The molecule has 0 aliphatic rings. The Morgan fingerprint density at radius 2 is 2.11 bits per heavy atom. The minimum Gasteiger partial charge on any atom is -0.381 e. The fourth-order valence-corrected chi connectivity index (χ4v) is 1.80. The summed E-state index contributed by atoms with van der Waals surface area (Å²) >= 11 is 0. The topological polar surface area (TPSA) is 68.5 Å². The van der Waals surface area contributed by atoms with E-state index in [-0.39, 0.29) is 0 Å². The minimum atomic E-state index is 0.761. The minimum absolute atomic E-state index is 0.761. The van der Waals surface area contributed by atoms with Gasteiger partial charge in [0.15, 0.2) is 0 Å². The quantitative estimate of drug-likeness (QED) is 0.745. The van der Waals surface area contributed by atoms with Gasteiger partial charge in [0, 0.05) is 18.1 Å². The van der Waals surface area contributed by atoms with Crippen molar-refractivity contribution in [1.82, 2.24) is 25.2 Å². The number of aromatic nitrogens is 5. The van der Waals surface area contributed by atoms with E-state index in [1.807, 2.05) is 30.5 Å². The number of rotatable bonds is 4. The molecule has 0 spiro atoms. The van der Waals surface area contributed by atoms with Crippen LogP contribution in [0.4, 0.5) is 5.69 Å². The molecule has 0 aliphatic carbocycles. The summed E-state index contributed by atoms with van der Waals surface area (Å²) < 4.78 is 1.78. The van der Waals surface area contributed by atoms with E-state index in [1.165, 1.54) is 0 Å². The van der Waals surface area contributed by atoms with Crippen molar-refractivity contribution < 1.29 is 0 Å². The maximum atomic E-state index is 4.08. The molecule has 0 fully saturated rings. The van der Waals surface area contributed by atoms with Crippen molar-refractivity contribution in [2.24, 2.45) is 0 Å². The maximum Gasteiger partial charge on any atom is 0.0950 e. The number of anilines is 1. The summed E-state index contributed by atoms with van der Waals surface area (Å²) in [6.45, 7) is 1.52. The van der Waals surface area contributed by atoms with Crippen LogP contribution in [0.5, 0.6) is 0 Å². The van der Waals surface area contributed by atoms with Crippen molar-refractivity contribution in [1.29, 1.82) is 0 Å². The molecule has 3 rings (SSSR count). The largest absolute Gasteiger partial charge is 0.381 e. The van der Waals surface area contributed by atoms with Gasteiger partial charge >= 0.3 is 0 Å². The highest BCUT2D eigenvalue weighted by Gasteiger charge is 2.01. The molecule has 6 nitrogen and oxygen atoms in total. The number of fused-ring (bicyclic) bond motifs is 1. The Kier molecular flexibility index (Phi) is 2.83. The molecule has 0 saturated heterocycles. The Balaban J connectivity index is 1.74. The highest BCUT2D eigenvalue weighted by Crippen LogP contribution is 2.19. The summed E-state index contributed by atoms with van der Waals surface area (Å²) in [4.78, 5) is 0. The molecule has 18 heavy (non-hydrogen) atoms. The van der Waals surface area contributed by atoms with Crippen molar-refractivity contribution >= 4 is 16.6 Å². The molecule has 3 aromatic rings. The number of nitrogens with zero attached hydrogens (tertiary/aromatic N) is 5. The Hall–Kier alpha value is -2.50. The molecular weight excluding hydrogens is 228 g/mol. The van der Waals surface area contributed by atoms with Crippen molar-refractivity contribution in [2.75, 3.05) is 11.9 Å². The fraction of sp³-hybridized carbons (Fsp3) is 0.167. The summed E-state index contributed by atoms with van der Waals surface area (Å²) in [5.41, 5.74) is 1.88. The van der Waals surface area contributed by atoms with E-state index in [9.17, 15) is 0 Å². The van der Waals surface area contributed by atoms with Gasteiger partial charge in [0.05, 0.1) is 30.1 Å². The molecule has 0 unspecified atom stereocenters. The van der Waals surface area contributed by atoms with Crippen LogP contribution in [0.1, 0.15) is 0 Å². The predicted octanol–water partition coefficient (Wildman–Crippen LogP) is 1.33.